The van der Waals surface area contributed by atoms with Crippen LogP contribution < -0.4 is 4.90 Å². The average Bonchev–Trinajstić information content (AvgIpc) is 2.78. The summed E-state index contributed by atoms with van der Waals surface area (Å²) in [5, 5.41) is 19.8. The zero-order chi connectivity index (χ0) is 17.5. The van der Waals surface area contributed by atoms with Crippen molar-refractivity contribution in [2.24, 2.45) is 0 Å². The van der Waals surface area contributed by atoms with Crippen molar-refractivity contribution in [1.29, 1.82) is 0 Å². The first-order valence-corrected chi connectivity index (χ1v) is 7.86. The molecular formula is C19H20FNO3. The standard InChI is InChI=1S/C19H20FNO3/c1-19(2)13-8-4-6-10-15(13)21(18(19)24)17(16(23)11-22)12-7-3-5-9-14(12)20/h3-10,16-17,22-23H,11H2,1-2H3. The molecule has 1 heterocycles. The molecular weight excluding hydrogens is 309 g/mol. The second-order valence-electron chi connectivity index (χ2n) is 6.53. The first-order valence-electron chi connectivity index (χ1n) is 7.86. The van der Waals surface area contributed by atoms with Crippen LogP contribution in [0.2, 0.25) is 0 Å². The first kappa shape index (κ1) is 16.6. The predicted octanol–water partition coefficient (Wildman–Crippen LogP) is 2.54. The summed E-state index contributed by atoms with van der Waals surface area (Å²) in [7, 11) is 0. The Morgan fingerprint density at radius 2 is 1.75 bits per heavy atom. The third-order valence-electron chi connectivity index (χ3n) is 4.64. The Balaban J connectivity index is 2.19. The van der Waals surface area contributed by atoms with E-state index in [-0.39, 0.29) is 11.5 Å². The number of aliphatic hydroxyl groups excluding tert-OH is 2. The third kappa shape index (κ3) is 2.41. The van der Waals surface area contributed by atoms with Crippen LogP contribution in [-0.4, -0.2) is 28.8 Å². The van der Waals surface area contributed by atoms with Crippen LogP contribution in [0.5, 0.6) is 0 Å². The van der Waals surface area contributed by atoms with Gasteiger partial charge in [-0.05, 0) is 31.5 Å². The van der Waals surface area contributed by atoms with Gasteiger partial charge < -0.3 is 15.1 Å². The van der Waals surface area contributed by atoms with Crippen LogP contribution in [0.1, 0.15) is 31.0 Å². The molecule has 0 aliphatic carbocycles. The molecule has 2 unspecified atom stereocenters. The number of nitrogens with zero attached hydrogens (tertiary/aromatic N) is 1. The van der Waals surface area contributed by atoms with Gasteiger partial charge >= 0.3 is 0 Å². The van der Waals surface area contributed by atoms with Crippen molar-refractivity contribution in [2.75, 3.05) is 11.5 Å². The quantitative estimate of drug-likeness (QED) is 0.906. The number of hydrogen-bond acceptors (Lipinski definition) is 3. The van der Waals surface area contributed by atoms with Crippen molar-refractivity contribution >= 4 is 11.6 Å². The van der Waals surface area contributed by atoms with E-state index in [0.717, 1.165) is 5.56 Å². The van der Waals surface area contributed by atoms with Gasteiger partial charge in [-0.1, -0.05) is 36.4 Å². The van der Waals surface area contributed by atoms with E-state index in [1.165, 1.54) is 17.0 Å². The number of carbonyl (C=O) groups excluding carboxylic acids is 1. The van der Waals surface area contributed by atoms with Crippen LogP contribution in [0.3, 0.4) is 0 Å². The van der Waals surface area contributed by atoms with E-state index in [9.17, 15) is 19.4 Å². The third-order valence-corrected chi connectivity index (χ3v) is 4.64. The summed E-state index contributed by atoms with van der Waals surface area (Å²) in [4.78, 5) is 14.5. The molecule has 0 aromatic heterocycles. The second kappa shape index (κ2) is 6.00. The van der Waals surface area contributed by atoms with Crippen LogP contribution in [0, 0.1) is 5.82 Å². The molecule has 0 spiro atoms. The number of para-hydroxylation sites is 1. The minimum absolute atomic E-state index is 0.180. The molecule has 0 saturated heterocycles. The van der Waals surface area contributed by atoms with Crippen molar-refractivity contribution < 1.29 is 19.4 Å². The molecule has 3 rings (SSSR count). The fourth-order valence-corrected chi connectivity index (χ4v) is 3.35. The van der Waals surface area contributed by atoms with Gasteiger partial charge in [0.2, 0.25) is 5.91 Å². The number of aliphatic hydroxyl groups is 2. The Bertz CT molecular complexity index is 775. The molecule has 2 atom stereocenters. The van der Waals surface area contributed by atoms with Gasteiger partial charge in [0.15, 0.2) is 0 Å². The number of halogens is 1. The van der Waals surface area contributed by atoms with E-state index in [1.54, 1.807) is 38.1 Å². The van der Waals surface area contributed by atoms with Gasteiger partial charge in [-0.15, -0.1) is 0 Å². The molecule has 126 valence electrons. The molecule has 1 aliphatic heterocycles. The van der Waals surface area contributed by atoms with Crippen molar-refractivity contribution in [3.63, 3.8) is 0 Å². The topological polar surface area (TPSA) is 60.8 Å². The van der Waals surface area contributed by atoms with Gasteiger partial charge in [0.1, 0.15) is 11.9 Å². The van der Waals surface area contributed by atoms with Gasteiger partial charge in [0.25, 0.3) is 0 Å². The van der Waals surface area contributed by atoms with Crippen LogP contribution >= 0.6 is 0 Å². The van der Waals surface area contributed by atoms with Crippen LogP contribution in [0.4, 0.5) is 10.1 Å². The molecule has 24 heavy (non-hydrogen) atoms. The first-order chi connectivity index (χ1) is 11.4. The van der Waals surface area contributed by atoms with Crippen LogP contribution in [0.15, 0.2) is 48.5 Å². The molecule has 5 heteroatoms. The van der Waals surface area contributed by atoms with Gasteiger partial charge in [0, 0.05) is 11.3 Å². The number of carbonyl (C=O) groups is 1. The lowest BCUT2D eigenvalue weighted by Crippen LogP contribution is -2.44. The SMILES string of the molecule is CC1(C)C(=O)N(C(c2ccccc2F)C(O)CO)c2ccccc21. The number of anilines is 1. The predicted molar refractivity (Wildman–Crippen MR) is 89.2 cm³/mol. The number of fused-ring (bicyclic) bond motifs is 1. The van der Waals surface area contributed by atoms with E-state index in [1.807, 2.05) is 12.1 Å². The molecule has 0 saturated carbocycles. The van der Waals surface area contributed by atoms with Crippen LogP contribution in [-0.2, 0) is 10.2 Å². The lowest BCUT2D eigenvalue weighted by atomic mass is 9.86. The Hall–Kier alpha value is -2.24. The van der Waals surface area contributed by atoms with Gasteiger partial charge in [-0.2, -0.15) is 0 Å². The number of hydrogen-bond donors (Lipinski definition) is 2. The van der Waals surface area contributed by atoms with Gasteiger partial charge in [-0.3, -0.25) is 4.79 Å². The normalized spacial score (nSPS) is 18.4. The number of amides is 1. The van der Waals surface area contributed by atoms with Gasteiger partial charge in [-0.25, -0.2) is 4.39 Å². The summed E-state index contributed by atoms with van der Waals surface area (Å²) in [6.45, 7) is 3.03. The second-order valence-corrected chi connectivity index (χ2v) is 6.53. The fourth-order valence-electron chi connectivity index (χ4n) is 3.35. The van der Waals surface area contributed by atoms with E-state index < -0.39 is 30.0 Å². The molecule has 2 N–H and O–H groups in total. The molecule has 2 aromatic rings. The monoisotopic (exact) mass is 329 g/mol. The highest BCUT2D eigenvalue weighted by atomic mass is 19.1. The van der Waals surface area contributed by atoms with Crippen molar-refractivity contribution in [1.82, 2.24) is 0 Å². The summed E-state index contributed by atoms with van der Waals surface area (Å²) in [6.07, 6.45) is -1.30. The minimum Gasteiger partial charge on any atom is -0.394 e. The summed E-state index contributed by atoms with van der Waals surface area (Å²) >= 11 is 0. The van der Waals surface area contributed by atoms with Gasteiger partial charge in [0.05, 0.1) is 18.1 Å². The molecule has 0 fully saturated rings. The number of benzene rings is 2. The Morgan fingerprint density at radius 1 is 1.12 bits per heavy atom. The van der Waals surface area contributed by atoms with Crippen LogP contribution in [0.25, 0.3) is 0 Å². The number of rotatable bonds is 4. The van der Waals surface area contributed by atoms with Crippen molar-refractivity contribution in [3.8, 4) is 0 Å². The highest BCUT2D eigenvalue weighted by molar-refractivity contribution is 6.08. The zero-order valence-electron chi connectivity index (χ0n) is 13.6. The summed E-state index contributed by atoms with van der Waals surface area (Å²) in [5.74, 6) is -0.755. The molecule has 0 bridgehead atoms. The lowest BCUT2D eigenvalue weighted by Gasteiger charge is -2.33. The molecule has 2 aromatic carbocycles. The van der Waals surface area contributed by atoms with E-state index >= 15 is 0 Å². The highest BCUT2D eigenvalue weighted by Gasteiger charge is 2.48. The zero-order valence-corrected chi connectivity index (χ0v) is 13.6. The lowest BCUT2D eigenvalue weighted by molar-refractivity contribution is -0.123. The van der Waals surface area contributed by atoms with Crippen molar-refractivity contribution in [3.05, 3.63) is 65.5 Å². The maximum absolute atomic E-state index is 14.4. The summed E-state index contributed by atoms with van der Waals surface area (Å²) in [6, 6.07) is 12.3. The Labute approximate surface area is 140 Å². The molecule has 4 nitrogen and oxygen atoms in total. The molecule has 0 radical (unpaired) electrons. The van der Waals surface area contributed by atoms with E-state index in [0.29, 0.717) is 5.69 Å². The maximum Gasteiger partial charge on any atom is 0.237 e. The fraction of sp³-hybridized carbons (Fsp3) is 0.316. The van der Waals surface area contributed by atoms with E-state index in [4.69, 9.17) is 0 Å². The maximum atomic E-state index is 14.4. The Morgan fingerprint density at radius 3 is 2.42 bits per heavy atom. The minimum atomic E-state index is -1.30. The smallest absolute Gasteiger partial charge is 0.237 e. The molecule has 1 amide bonds. The van der Waals surface area contributed by atoms with E-state index in [2.05, 4.69) is 0 Å². The largest absolute Gasteiger partial charge is 0.394 e. The highest BCUT2D eigenvalue weighted by Crippen LogP contribution is 2.46. The summed E-state index contributed by atoms with van der Waals surface area (Å²) in [5.41, 5.74) is 0.851. The average molecular weight is 329 g/mol. The summed E-state index contributed by atoms with van der Waals surface area (Å²) < 4.78 is 14.4. The molecule has 1 aliphatic rings. The van der Waals surface area contributed by atoms with Crippen molar-refractivity contribution in [2.45, 2.75) is 31.4 Å². The Kier molecular flexibility index (Phi) is 4.15.